The molecule has 1 unspecified atom stereocenters. The van der Waals surface area contributed by atoms with Gasteiger partial charge in [0.1, 0.15) is 5.75 Å². The van der Waals surface area contributed by atoms with Crippen molar-refractivity contribution in [2.24, 2.45) is 5.73 Å². The maximum atomic E-state index is 5.54. The molecule has 1 aromatic heterocycles. The fourth-order valence-corrected chi connectivity index (χ4v) is 2.79. The minimum atomic E-state index is 0.577. The maximum Gasteiger partial charge on any atom is 0.128 e. The molecule has 0 aliphatic rings. The zero-order valence-electron chi connectivity index (χ0n) is 11.1. The van der Waals surface area contributed by atoms with Crippen LogP contribution in [0, 0.1) is 13.8 Å². The lowest BCUT2D eigenvalue weighted by atomic mass is 10.1. The summed E-state index contributed by atoms with van der Waals surface area (Å²) in [4.78, 5) is 4.49. The van der Waals surface area contributed by atoms with Crippen molar-refractivity contribution in [3.63, 3.8) is 0 Å². The third kappa shape index (κ3) is 3.89. The van der Waals surface area contributed by atoms with Gasteiger partial charge in [-0.3, -0.25) is 4.98 Å². The molecule has 1 aromatic rings. The highest BCUT2D eigenvalue weighted by atomic mass is 32.2. The standard InChI is InChI=1S/C13H22N2OS/c1-9-7-15-12(11(3)13(9)16-4)8-17-10(2)5-6-14/h7,10H,5-6,8,14H2,1-4H3. The van der Waals surface area contributed by atoms with E-state index in [0.29, 0.717) is 5.25 Å². The van der Waals surface area contributed by atoms with E-state index in [9.17, 15) is 0 Å². The van der Waals surface area contributed by atoms with Gasteiger partial charge in [0.25, 0.3) is 0 Å². The van der Waals surface area contributed by atoms with Crippen molar-refractivity contribution < 1.29 is 4.74 Å². The molecular weight excluding hydrogens is 232 g/mol. The number of hydrogen-bond donors (Lipinski definition) is 1. The molecule has 1 heterocycles. The van der Waals surface area contributed by atoms with E-state index in [0.717, 1.165) is 41.3 Å². The number of aryl methyl sites for hydroxylation is 1. The topological polar surface area (TPSA) is 48.1 Å². The molecule has 2 N–H and O–H groups in total. The lowest BCUT2D eigenvalue weighted by molar-refractivity contribution is 0.407. The zero-order valence-corrected chi connectivity index (χ0v) is 11.9. The smallest absolute Gasteiger partial charge is 0.128 e. The van der Waals surface area contributed by atoms with Crippen molar-refractivity contribution in [2.45, 2.75) is 38.2 Å². The maximum absolute atomic E-state index is 5.54. The number of aromatic nitrogens is 1. The van der Waals surface area contributed by atoms with Crippen LogP contribution < -0.4 is 10.5 Å². The number of hydrogen-bond acceptors (Lipinski definition) is 4. The molecule has 0 fully saturated rings. The van der Waals surface area contributed by atoms with E-state index in [-0.39, 0.29) is 0 Å². The molecule has 1 rings (SSSR count). The summed E-state index contributed by atoms with van der Waals surface area (Å²) in [7, 11) is 1.71. The van der Waals surface area contributed by atoms with Gasteiger partial charge in [-0.2, -0.15) is 11.8 Å². The second-order valence-corrected chi connectivity index (χ2v) is 5.67. The van der Waals surface area contributed by atoms with Crippen LogP contribution in [-0.4, -0.2) is 23.9 Å². The number of ether oxygens (including phenoxy) is 1. The Balaban J connectivity index is 2.72. The summed E-state index contributed by atoms with van der Waals surface area (Å²) >= 11 is 1.90. The molecule has 0 spiro atoms. The van der Waals surface area contributed by atoms with Gasteiger partial charge in [-0.25, -0.2) is 0 Å². The number of nitrogens with two attached hydrogens (primary N) is 1. The largest absolute Gasteiger partial charge is 0.496 e. The minimum absolute atomic E-state index is 0.577. The van der Waals surface area contributed by atoms with Gasteiger partial charge in [0.2, 0.25) is 0 Å². The molecule has 3 nitrogen and oxygen atoms in total. The van der Waals surface area contributed by atoms with Crippen LogP contribution in [0.2, 0.25) is 0 Å². The lowest BCUT2D eigenvalue weighted by Gasteiger charge is -2.14. The monoisotopic (exact) mass is 254 g/mol. The average Bonchev–Trinajstić information content (AvgIpc) is 2.29. The Labute approximate surface area is 108 Å². The molecule has 4 heteroatoms. The molecule has 0 saturated heterocycles. The summed E-state index contributed by atoms with van der Waals surface area (Å²) in [6.07, 6.45) is 2.93. The summed E-state index contributed by atoms with van der Waals surface area (Å²) in [5, 5.41) is 0.577. The van der Waals surface area contributed by atoms with E-state index in [1.807, 2.05) is 24.9 Å². The predicted octanol–water partition coefficient (Wildman–Crippen LogP) is 2.68. The van der Waals surface area contributed by atoms with Gasteiger partial charge >= 0.3 is 0 Å². The Hall–Kier alpha value is -0.740. The third-order valence-corrected chi connectivity index (χ3v) is 4.07. The number of pyridine rings is 1. The first-order chi connectivity index (χ1) is 8.10. The first kappa shape index (κ1) is 14.3. The van der Waals surface area contributed by atoms with E-state index < -0.39 is 0 Å². The number of thioether (sulfide) groups is 1. The molecule has 0 saturated carbocycles. The molecule has 0 aliphatic heterocycles. The second-order valence-electron chi connectivity index (χ2n) is 4.25. The fraction of sp³-hybridized carbons (Fsp3) is 0.615. The van der Waals surface area contributed by atoms with Crippen molar-refractivity contribution >= 4 is 11.8 Å². The van der Waals surface area contributed by atoms with Crippen molar-refractivity contribution in [3.8, 4) is 5.75 Å². The van der Waals surface area contributed by atoms with E-state index >= 15 is 0 Å². The highest BCUT2D eigenvalue weighted by Gasteiger charge is 2.10. The van der Waals surface area contributed by atoms with Crippen LogP contribution in [0.4, 0.5) is 0 Å². The molecule has 1 atom stereocenters. The lowest BCUT2D eigenvalue weighted by Crippen LogP contribution is -2.08. The molecule has 0 bridgehead atoms. The van der Waals surface area contributed by atoms with Crippen LogP contribution in [0.15, 0.2) is 6.20 Å². The summed E-state index contributed by atoms with van der Waals surface area (Å²) in [6.45, 7) is 7.05. The summed E-state index contributed by atoms with van der Waals surface area (Å²) in [5.74, 6) is 1.88. The van der Waals surface area contributed by atoms with Crippen LogP contribution in [0.5, 0.6) is 5.75 Å². The summed E-state index contributed by atoms with van der Waals surface area (Å²) in [6, 6.07) is 0. The van der Waals surface area contributed by atoms with Crippen molar-refractivity contribution in [1.29, 1.82) is 0 Å². The Kier molecular flexibility index (Phi) is 5.78. The molecular formula is C13H22N2OS. The predicted molar refractivity (Wildman–Crippen MR) is 74.7 cm³/mol. The summed E-state index contributed by atoms with van der Waals surface area (Å²) in [5.41, 5.74) is 8.90. The summed E-state index contributed by atoms with van der Waals surface area (Å²) < 4.78 is 5.40. The Bertz CT molecular complexity index is 369. The van der Waals surface area contributed by atoms with Crippen LogP contribution in [0.1, 0.15) is 30.2 Å². The Morgan fingerprint density at radius 3 is 2.76 bits per heavy atom. The fourth-order valence-electron chi connectivity index (χ4n) is 1.76. The van der Waals surface area contributed by atoms with Crippen molar-refractivity contribution in [1.82, 2.24) is 4.98 Å². The highest BCUT2D eigenvalue weighted by Crippen LogP contribution is 2.27. The highest BCUT2D eigenvalue weighted by molar-refractivity contribution is 7.99. The van der Waals surface area contributed by atoms with Gasteiger partial charge in [-0.1, -0.05) is 6.92 Å². The van der Waals surface area contributed by atoms with Gasteiger partial charge in [0.15, 0.2) is 0 Å². The Morgan fingerprint density at radius 1 is 1.47 bits per heavy atom. The second kappa shape index (κ2) is 6.87. The zero-order chi connectivity index (χ0) is 12.8. The van der Waals surface area contributed by atoms with Crippen LogP contribution in [0.25, 0.3) is 0 Å². The first-order valence-corrected chi connectivity index (χ1v) is 6.95. The van der Waals surface area contributed by atoms with Crippen LogP contribution in [-0.2, 0) is 5.75 Å². The Morgan fingerprint density at radius 2 is 2.18 bits per heavy atom. The van der Waals surface area contributed by atoms with Gasteiger partial charge in [0, 0.05) is 28.3 Å². The molecule has 0 aliphatic carbocycles. The SMILES string of the molecule is COc1c(C)cnc(CSC(C)CCN)c1C. The molecule has 0 aromatic carbocycles. The van der Waals surface area contributed by atoms with Gasteiger partial charge in [-0.15, -0.1) is 0 Å². The van der Waals surface area contributed by atoms with Crippen LogP contribution in [0.3, 0.4) is 0 Å². The van der Waals surface area contributed by atoms with E-state index in [1.54, 1.807) is 7.11 Å². The van der Waals surface area contributed by atoms with Gasteiger partial charge < -0.3 is 10.5 Å². The normalized spacial score (nSPS) is 12.5. The molecule has 0 radical (unpaired) electrons. The number of methoxy groups -OCH3 is 1. The minimum Gasteiger partial charge on any atom is -0.496 e. The quantitative estimate of drug-likeness (QED) is 0.848. The molecule has 0 amide bonds. The van der Waals surface area contributed by atoms with Crippen molar-refractivity contribution in [3.05, 3.63) is 23.0 Å². The first-order valence-electron chi connectivity index (χ1n) is 5.90. The average molecular weight is 254 g/mol. The number of rotatable bonds is 6. The van der Waals surface area contributed by atoms with Gasteiger partial charge in [0.05, 0.1) is 12.8 Å². The molecule has 96 valence electrons. The van der Waals surface area contributed by atoms with Crippen LogP contribution >= 0.6 is 11.8 Å². The van der Waals surface area contributed by atoms with E-state index in [1.165, 1.54) is 0 Å². The molecule has 17 heavy (non-hydrogen) atoms. The third-order valence-electron chi connectivity index (χ3n) is 2.83. The van der Waals surface area contributed by atoms with E-state index in [2.05, 4.69) is 18.8 Å². The van der Waals surface area contributed by atoms with E-state index in [4.69, 9.17) is 10.5 Å². The van der Waals surface area contributed by atoms with Gasteiger partial charge in [-0.05, 0) is 26.8 Å². The number of nitrogens with zero attached hydrogens (tertiary/aromatic N) is 1. The van der Waals surface area contributed by atoms with Crippen molar-refractivity contribution in [2.75, 3.05) is 13.7 Å².